The van der Waals surface area contributed by atoms with Gasteiger partial charge in [0.25, 0.3) is 5.91 Å². The van der Waals surface area contributed by atoms with Gasteiger partial charge in [-0.2, -0.15) is 0 Å². The van der Waals surface area contributed by atoms with Crippen molar-refractivity contribution in [2.75, 3.05) is 5.32 Å². The summed E-state index contributed by atoms with van der Waals surface area (Å²) in [4.78, 5) is 24.9. The molecular weight excluding hydrogens is 421 g/mol. The molecule has 2 N–H and O–H groups in total. The van der Waals surface area contributed by atoms with E-state index in [0.29, 0.717) is 5.69 Å². The predicted molar refractivity (Wildman–Crippen MR) is 115 cm³/mol. The summed E-state index contributed by atoms with van der Waals surface area (Å²) >= 11 is 6.14. The number of aryl methyl sites for hydroxylation is 1. The lowest BCUT2D eigenvalue weighted by molar-refractivity contribution is -0.117. The lowest BCUT2D eigenvalue weighted by Gasteiger charge is -2.15. The van der Waals surface area contributed by atoms with Crippen molar-refractivity contribution in [3.8, 4) is 11.3 Å². The highest BCUT2D eigenvalue weighted by Crippen LogP contribution is 2.34. The van der Waals surface area contributed by atoms with Crippen LogP contribution < -0.4 is 10.6 Å². The van der Waals surface area contributed by atoms with Crippen molar-refractivity contribution in [3.63, 3.8) is 0 Å². The zero-order chi connectivity index (χ0) is 22.1. The van der Waals surface area contributed by atoms with Crippen LogP contribution in [0.2, 0.25) is 5.02 Å². The average Bonchev–Trinajstić information content (AvgIpc) is 3.51. The first-order chi connectivity index (χ1) is 14.8. The van der Waals surface area contributed by atoms with Gasteiger partial charge in [-0.25, -0.2) is 4.39 Å². The summed E-state index contributed by atoms with van der Waals surface area (Å²) in [5.74, 6) is -0.617. The fourth-order valence-corrected chi connectivity index (χ4v) is 3.58. The Bertz CT molecular complexity index is 1120. The summed E-state index contributed by atoms with van der Waals surface area (Å²) in [7, 11) is 0. The maximum Gasteiger partial charge on any atom is 0.257 e. The Morgan fingerprint density at radius 1 is 1.19 bits per heavy atom. The van der Waals surface area contributed by atoms with Gasteiger partial charge in [0.2, 0.25) is 5.91 Å². The summed E-state index contributed by atoms with van der Waals surface area (Å²) in [5.41, 5.74) is 1.77. The van der Waals surface area contributed by atoms with Gasteiger partial charge in [0.1, 0.15) is 22.8 Å². The van der Waals surface area contributed by atoms with Crippen molar-refractivity contribution in [1.82, 2.24) is 10.5 Å². The molecule has 8 heteroatoms. The molecule has 0 bridgehead atoms. The summed E-state index contributed by atoms with van der Waals surface area (Å²) in [6.07, 6.45) is 1.88. The minimum atomic E-state index is -0.591. The van der Waals surface area contributed by atoms with Gasteiger partial charge in [-0.3, -0.25) is 9.59 Å². The first-order valence-electron chi connectivity index (χ1n) is 9.97. The Balaban J connectivity index is 1.51. The minimum absolute atomic E-state index is 0.0228. The molecule has 2 amide bonds. The molecule has 4 rings (SSSR count). The number of hydrogen-bond donors (Lipinski definition) is 2. The van der Waals surface area contributed by atoms with Gasteiger partial charge in [-0.05, 0) is 56.5 Å². The van der Waals surface area contributed by atoms with Crippen LogP contribution in [0.5, 0.6) is 0 Å². The van der Waals surface area contributed by atoms with Crippen molar-refractivity contribution in [2.45, 2.75) is 32.7 Å². The molecular formula is C23H21ClFN3O3. The third-order valence-corrected chi connectivity index (χ3v) is 5.58. The Morgan fingerprint density at radius 3 is 2.55 bits per heavy atom. The molecule has 31 heavy (non-hydrogen) atoms. The van der Waals surface area contributed by atoms with E-state index in [-0.39, 0.29) is 45.5 Å². The third kappa shape index (κ3) is 4.46. The fraction of sp³-hybridized carbons (Fsp3) is 0.261. The second-order valence-electron chi connectivity index (χ2n) is 7.64. The van der Waals surface area contributed by atoms with Crippen LogP contribution in [0, 0.1) is 18.7 Å². The average molecular weight is 442 g/mol. The Hall–Kier alpha value is -3.19. The minimum Gasteiger partial charge on any atom is -0.360 e. The zero-order valence-corrected chi connectivity index (χ0v) is 17.8. The molecule has 6 nitrogen and oxygen atoms in total. The molecule has 1 aromatic heterocycles. The third-order valence-electron chi connectivity index (χ3n) is 5.26. The monoisotopic (exact) mass is 441 g/mol. The summed E-state index contributed by atoms with van der Waals surface area (Å²) < 4.78 is 19.5. The van der Waals surface area contributed by atoms with Gasteiger partial charge in [0.15, 0.2) is 0 Å². The Morgan fingerprint density at radius 2 is 1.90 bits per heavy atom. The van der Waals surface area contributed by atoms with Crippen molar-refractivity contribution in [3.05, 3.63) is 70.2 Å². The second-order valence-corrected chi connectivity index (χ2v) is 8.05. The quantitative estimate of drug-likeness (QED) is 0.545. The number of nitrogens with one attached hydrogen (secondary N) is 2. The van der Waals surface area contributed by atoms with E-state index in [1.54, 1.807) is 19.1 Å². The summed E-state index contributed by atoms with van der Waals surface area (Å²) in [6, 6.07) is 11.2. The van der Waals surface area contributed by atoms with Gasteiger partial charge in [0.05, 0.1) is 16.6 Å². The van der Waals surface area contributed by atoms with Gasteiger partial charge >= 0.3 is 0 Å². The molecule has 2 aromatic carbocycles. The summed E-state index contributed by atoms with van der Waals surface area (Å²) in [5, 5.41) is 9.77. The normalized spacial score (nSPS) is 14.2. The van der Waals surface area contributed by atoms with Crippen molar-refractivity contribution in [1.29, 1.82) is 0 Å². The number of benzene rings is 2. The van der Waals surface area contributed by atoms with Gasteiger partial charge in [0, 0.05) is 11.6 Å². The topological polar surface area (TPSA) is 84.2 Å². The highest BCUT2D eigenvalue weighted by molar-refractivity contribution is 6.33. The number of hydrogen-bond acceptors (Lipinski definition) is 4. The van der Waals surface area contributed by atoms with Crippen LogP contribution in [-0.2, 0) is 4.79 Å². The number of aromatic nitrogens is 1. The lowest BCUT2D eigenvalue weighted by atomic mass is 10.0. The molecule has 3 aromatic rings. The largest absolute Gasteiger partial charge is 0.360 e. The zero-order valence-electron chi connectivity index (χ0n) is 17.0. The first-order valence-corrected chi connectivity index (χ1v) is 10.3. The number of carbonyl (C=O) groups excluding carboxylic acids is 2. The lowest BCUT2D eigenvalue weighted by Crippen LogP contribution is -2.27. The number of nitrogens with zero attached hydrogens (tertiary/aromatic N) is 1. The fourth-order valence-electron chi connectivity index (χ4n) is 3.33. The molecule has 1 saturated carbocycles. The number of rotatable bonds is 6. The van der Waals surface area contributed by atoms with Crippen LogP contribution in [0.1, 0.15) is 47.5 Å². The standard InChI is InChI=1S/C23H21ClFN3O3/c1-12(14-8-10-16(11-9-14)27-22(29)15-6-7-15)26-23(30)19-13(2)31-28-21(19)20-17(24)4-3-5-18(20)25/h3-5,8-12,15H,6-7H2,1-2H3,(H,26,30)(H,27,29). The van der Waals surface area contributed by atoms with Crippen LogP contribution >= 0.6 is 11.6 Å². The maximum absolute atomic E-state index is 14.4. The van der Waals surface area contributed by atoms with E-state index in [4.69, 9.17) is 16.1 Å². The van der Waals surface area contributed by atoms with Crippen LogP contribution in [0.4, 0.5) is 10.1 Å². The van der Waals surface area contributed by atoms with Crippen LogP contribution in [0.15, 0.2) is 47.0 Å². The summed E-state index contributed by atoms with van der Waals surface area (Å²) in [6.45, 7) is 3.41. The molecule has 1 unspecified atom stereocenters. The molecule has 0 aliphatic heterocycles. The van der Waals surface area contributed by atoms with Crippen LogP contribution in [0.3, 0.4) is 0 Å². The van der Waals surface area contributed by atoms with E-state index in [2.05, 4.69) is 15.8 Å². The van der Waals surface area contributed by atoms with E-state index >= 15 is 0 Å². The second kappa shape index (κ2) is 8.51. The molecule has 0 radical (unpaired) electrons. The molecule has 1 aliphatic carbocycles. The number of halogens is 2. The Labute approximate surface area is 183 Å². The van der Waals surface area contributed by atoms with Crippen LogP contribution in [-0.4, -0.2) is 17.0 Å². The van der Waals surface area contributed by atoms with E-state index in [1.165, 1.54) is 18.2 Å². The molecule has 0 saturated heterocycles. The number of anilines is 1. The number of amides is 2. The molecule has 1 aliphatic rings. The molecule has 160 valence electrons. The van der Waals surface area contributed by atoms with E-state index < -0.39 is 11.7 Å². The van der Waals surface area contributed by atoms with E-state index in [1.807, 2.05) is 19.1 Å². The van der Waals surface area contributed by atoms with Gasteiger partial charge < -0.3 is 15.2 Å². The first kappa shape index (κ1) is 21.1. The molecule has 0 spiro atoms. The molecule has 1 atom stereocenters. The van der Waals surface area contributed by atoms with Crippen molar-refractivity contribution >= 4 is 29.1 Å². The highest BCUT2D eigenvalue weighted by Gasteiger charge is 2.29. The highest BCUT2D eigenvalue weighted by atomic mass is 35.5. The SMILES string of the molecule is Cc1onc(-c2c(F)cccc2Cl)c1C(=O)NC(C)c1ccc(NC(=O)C2CC2)cc1. The van der Waals surface area contributed by atoms with Gasteiger partial charge in [-0.1, -0.05) is 35.0 Å². The maximum atomic E-state index is 14.4. The Kier molecular flexibility index (Phi) is 5.78. The van der Waals surface area contributed by atoms with Crippen molar-refractivity contribution < 1.29 is 18.5 Å². The number of carbonyl (C=O) groups is 2. The smallest absolute Gasteiger partial charge is 0.257 e. The van der Waals surface area contributed by atoms with E-state index in [0.717, 1.165) is 18.4 Å². The predicted octanol–water partition coefficient (Wildman–Crippen LogP) is 5.28. The van der Waals surface area contributed by atoms with E-state index in [9.17, 15) is 14.0 Å². The van der Waals surface area contributed by atoms with Crippen LogP contribution in [0.25, 0.3) is 11.3 Å². The molecule has 1 heterocycles. The van der Waals surface area contributed by atoms with Crippen molar-refractivity contribution in [2.24, 2.45) is 5.92 Å². The molecule has 1 fully saturated rings. The van der Waals surface area contributed by atoms with Gasteiger partial charge in [-0.15, -0.1) is 0 Å².